The predicted octanol–water partition coefficient (Wildman–Crippen LogP) is 2.84. The van der Waals surface area contributed by atoms with Gasteiger partial charge < -0.3 is 0 Å². The van der Waals surface area contributed by atoms with E-state index in [2.05, 4.69) is 15.9 Å². The number of rotatable bonds is 2. The largest absolute Gasteiger partial charge is 0.418 e. The van der Waals surface area contributed by atoms with E-state index in [0.29, 0.717) is 0 Å². The van der Waals surface area contributed by atoms with Crippen molar-refractivity contribution in [3.05, 3.63) is 28.2 Å². The van der Waals surface area contributed by atoms with Crippen LogP contribution >= 0.6 is 15.9 Å². The van der Waals surface area contributed by atoms with Crippen LogP contribution in [-0.4, -0.2) is 14.7 Å². The second-order valence-electron chi connectivity index (χ2n) is 3.06. The summed E-state index contributed by atoms with van der Waals surface area (Å²) >= 11 is 2.89. The molecule has 8 heteroatoms. The fourth-order valence-corrected chi connectivity index (χ4v) is 1.98. The van der Waals surface area contributed by atoms with Crippen LogP contribution in [0, 0.1) is 0 Å². The maximum atomic E-state index is 12.5. The molecule has 16 heavy (non-hydrogen) atoms. The molecule has 0 radical (unpaired) electrons. The fraction of sp³-hybridized carbons (Fsp3) is 0.250. The van der Waals surface area contributed by atoms with Crippen molar-refractivity contribution in [3.8, 4) is 0 Å². The van der Waals surface area contributed by atoms with E-state index < -0.39 is 27.5 Å². The van der Waals surface area contributed by atoms with Crippen LogP contribution in [0.4, 0.5) is 18.9 Å². The maximum Gasteiger partial charge on any atom is 0.418 e. The number of anilines is 1. The zero-order valence-electron chi connectivity index (χ0n) is 7.97. The lowest BCUT2D eigenvalue weighted by atomic mass is 10.2. The summed E-state index contributed by atoms with van der Waals surface area (Å²) in [6.45, 7) is 0. The molecular formula is C8H7BrF3NO2S. The van der Waals surface area contributed by atoms with Gasteiger partial charge in [-0.15, -0.1) is 0 Å². The highest BCUT2D eigenvalue weighted by Gasteiger charge is 2.34. The molecule has 0 spiro atoms. The molecule has 1 aromatic rings. The number of hydrogen-bond donors (Lipinski definition) is 1. The van der Waals surface area contributed by atoms with Gasteiger partial charge in [0.25, 0.3) is 0 Å². The van der Waals surface area contributed by atoms with Gasteiger partial charge in [-0.1, -0.05) is 15.9 Å². The average Bonchev–Trinajstić information content (AvgIpc) is 2.04. The van der Waals surface area contributed by atoms with Gasteiger partial charge in [-0.05, 0) is 18.2 Å². The van der Waals surface area contributed by atoms with E-state index in [1.165, 1.54) is 6.07 Å². The molecule has 0 bridgehead atoms. The van der Waals surface area contributed by atoms with E-state index in [-0.39, 0.29) is 4.47 Å². The highest BCUT2D eigenvalue weighted by Crippen LogP contribution is 2.36. The van der Waals surface area contributed by atoms with Gasteiger partial charge in [0.05, 0.1) is 17.5 Å². The summed E-state index contributed by atoms with van der Waals surface area (Å²) < 4.78 is 61.4. The van der Waals surface area contributed by atoms with Gasteiger partial charge in [0.15, 0.2) is 0 Å². The van der Waals surface area contributed by atoms with E-state index in [0.717, 1.165) is 18.4 Å². The van der Waals surface area contributed by atoms with Crippen molar-refractivity contribution >= 4 is 31.6 Å². The van der Waals surface area contributed by atoms with Crippen molar-refractivity contribution in [2.45, 2.75) is 6.18 Å². The molecule has 0 aliphatic rings. The van der Waals surface area contributed by atoms with E-state index in [1.54, 1.807) is 0 Å². The molecule has 0 saturated heterocycles. The number of hydrogen-bond acceptors (Lipinski definition) is 2. The third-order valence-electron chi connectivity index (χ3n) is 1.58. The minimum Gasteiger partial charge on any atom is -0.283 e. The summed E-state index contributed by atoms with van der Waals surface area (Å²) in [6.07, 6.45) is -3.83. The normalized spacial score (nSPS) is 12.6. The molecule has 90 valence electrons. The predicted molar refractivity (Wildman–Crippen MR) is 57.6 cm³/mol. The Kier molecular flexibility index (Phi) is 3.53. The van der Waals surface area contributed by atoms with E-state index in [9.17, 15) is 21.6 Å². The number of benzene rings is 1. The Morgan fingerprint density at radius 2 is 1.88 bits per heavy atom. The summed E-state index contributed by atoms with van der Waals surface area (Å²) in [5, 5.41) is 0. The van der Waals surface area contributed by atoms with Gasteiger partial charge in [0, 0.05) is 4.47 Å². The summed E-state index contributed by atoms with van der Waals surface area (Å²) in [7, 11) is -3.74. The molecule has 0 atom stereocenters. The third-order valence-corrected chi connectivity index (χ3v) is 2.67. The van der Waals surface area contributed by atoms with Crippen LogP contribution in [0.25, 0.3) is 0 Å². The summed E-state index contributed by atoms with van der Waals surface area (Å²) in [6, 6.07) is 3.18. The van der Waals surface area contributed by atoms with Crippen molar-refractivity contribution in [1.82, 2.24) is 0 Å². The lowest BCUT2D eigenvalue weighted by Gasteiger charge is -2.13. The van der Waals surface area contributed by atoms with Crippen LogP contribution < -0.4 is 4.72 Å². The molecule has 1 N–H and O–H groups in total. The standard InChI is InChI=1S/C8H7BrF3NO2S/c1-16(14,15)13-7-3-2-5(9)4-6(7)8(10,11)12/h2-4,13H,1H3. The van der Waals surface area contributed by atoms with Gasteiger partial charge in [-0.2, -0.15) is 13.2 Å². The monoisotopic (exact) mass is 317 g/mol. The molecule has 0 heterocycles. The van der Waals surface area contributed by atoms with Gasteiger partial charge in [-0.3, -0.25) is 4.72 Å². The number of sulfonamides is 1. The Morgan fingerprint density at radius 1 is 1.31 bits per heavy atom. The van der Waals surface area contributed by atoms with Crippen LogP contribution in [0.2, 0.25) is 0 Å². The van der Waals surface area contributed by atoms with Gasteiger partial charge in [0.2, 0.25) is 10.0 Å². The van der Waals surface area contributed by atoms with Crippen LogP contribution in [0.5, 0.6) is 0 Å². The molecule has 0 unspecified atom stereocenters. The zero-order chi connectivity index (χ0) is 12.6. The first-order chi connectivity index (χ1) is 7.09. The summed E-state index contributed by atoms with van der Waals surface area (Å²) in [4.78, 5) is 0. The molecule has 1 rings (SSSR count). The van der Waals surface area contributed by atoms with Crippen molar-refractivity contribution in [2.75, 3.05) is 11.0 Å². The van der Waals surface area contributed by atoms with Crippen LogP contribution in [0.3, 0.4) is 0 Å². The van der Waals surface area contributed by atoms with Crippen molar-refractivity contribution in [2.24, 2.45) is 0 Å². The maximum absolute atomic E-state index is 12.5. The average molecular weight is 318 g/mol. The highest BCUT2D eigenvalue weighted by molar-refractivity contribution is 9.10. The van der Waals surface area contributed by atoms with E-state index in [4.69, 9.17) is 0 Å². The number of halogens is 4. The molecule has 0 saturated carbocycles. The molecule has 1 aromatic carbocycles. The Balaban J connectivity index is 3.29. The van der Waals surface area contributed by atoms with Crippen LogP contribution in [-0.2, 0) is 16.2 Å². The zero-order valence-corrected chi connectivity index (χ0v) is 10.4. The fourth-order valence-electron chi connectivity index (χ4n) is 1.04. The van der Waals surface area contributed by atoms with Crippen LogP contribution in [0.15, 0.2) is 22.7 Å². The first-order valence-electron chi connectivity index (χ1n) is 3.94. The quantitative estimate of drug-likeness (QED) is 0.911. The topological polar surface area (TPSA) is 46.2 Å². The SMILES string of the molecule is CS(=O)(=O)Nc1ccc(Br)cc1C(F)(F)F. The number of alkyl halides is 3. The molecule has 0 amide bonds. The van der Waals surface area contributed by atoms with Crippen molar-refractivity contribution in [1.29, 1.82) is 0 Å². The van der Waals surface area contributed by atoms with Gasteiger partial charge >= 0.3 is 6.18 Å². The lowest BCUT2D eigenvalue weighted by Crippen LogP contribution is -2.15. The summed E-state index contributed by atoms with van der Waals surface area (Å²) in [5.74, 6) is 0. The van der Waals surface area contributed by atoms with Crippen LogP contribution in [0.1, 0.15) is 5.56 Å². The lowest BCUT2D eigenvalue weighted by molar-refractivity contribution is -0.136. The Morgan fingerprint density at radius 3 is 2.31 bits per heavy atom. The Bertz CT molecular complexity index is 498. The van der Waals surface area contributed by atoms with Gasteiger partial charge in [-0.25, -0.2) is 8.42 Å². The second-order valence-corrected chi connectivity index (χ2v) is 5.73. The second kappa shape index (κ2) is 4.25. The minimum atomic E-state index is -4.61. The third kappa shape index (κ3) is 3.67. The van der Waals surface area contributed by atoms with Gasteiger partial charge in [0.1, 0.15) is 0 Å². The number of nitrogens with one attached hydrogen (secondary N) is 1. The first kappa shape index (κ1) is 13.3. The minimum absolute atomic E-state index is 0.221. The van der Waals surface area contributed by atoms with E-state index in [1.807, 2.05) is 4.72 Å². The molecular weight excluding hydrogens is 311 g/mol. The summed E-state index contributed by atoms with van der Waals surface area (Å²) in [5.41, 5.74) is -1.52. The smallest absolute Gasteiger partial charge is 0.283 e. The Hall–Kier alpha value is -0.760. The van der Waals surface area contributed by atoms with Crippen molar-refractivity contribution in [3.63, 3.8) is 0 Å². The molecule has 0 aromatic heterocycles. The molecule has 0 fully saturated rings. The van der Waals surface area contributed by atoms with Crippen molar-refractivity contribution < 1.29 is 21.6 Å². The molecule has 0 aliphatic carbocycles. The Labute approximate surface area is 98.8 Å². The highest BCUT2D eigenvalue weighted by atomic mass is 79.9. The molecule has 0 aliphatic heterocycles. The van der Waals surface area contributed by atoms with E-state index >= 15 is 0 Å². The first-order valence-corrected chi connectivity index (χ1v) is 6.62. The molecule has 3 nitrogen and oxygen atoms in total.